The maximum Gasteiger partial charge on any atom is 0.339 e. The molecule has 3 aromatic carbocycles. The van der Waals surface area contributed by atoms with Crippen LogP contribution < -0.4 is 13.7 Å². The van der Waals surface area contributed by atoms with E-state index in [1.165, 1.54) is 25.3 Å². The smallest absolute Gasteiger partial charge is 0.339 e. The number of carbonyl (C=O) groups is 2. The molecule has 0 atom stereocenters. The second-order valence-electron chi connectivity index (χ2n) is 8.68. The SMILES string of the molecule is COc1cccc(/C=C2\SC(=O)N(CCOc3cc(C)ccc3C)C2=O)c1OS(=O)(=O)c1ccc(C)cc1. The lowest BCUT2D eigenvalue weighted by atomic mass is 10.1. The first-order chi connectivity index (χ1) is 18.1. The Morgan fingerprint density at radius 2 is 1.63 bits per heavy atom. The fourth-order valence-corrected chi connectivity index (χ4v) is 5.52. The van der Waals surface area contributed by atoms with Crippen LogP contribution in [0.3, 0.4) is 0 Å². The number of amides is 2. The summed E-state index contributed by atoms with van der Waals surface area (Å²) in [5, 5.41) is -0.441. The topological polar surface area (TPSA) is 99.2 Å². The molecule has 1 aliphatic heterocycles. The van der Waals surface area contributed by atoms with Crippen molar-refractivity contribution in [2.24, 2.45) is 0 Å². The van der Waals surface area contributed by atoms with Crippen LogP contribution in [0.5, 0.6) is 17.2 Å². The third-order valence-electron chi connectivity index (χ3n) is 5.81. The second-order valence-corrected chi connectivity index (χ2v) is 11.2. The van der Waals surface area contributed by atoms with E-state index in [0.29, 0.717) is 5.75 Å². The Kier molecular flexibility index (Phi) is 8.13. The Bertz CT molecular complexity index is 1510. The summed E-state index contributed by atoms with van der Waals surface area (Å²) in [4.78, 5) is 26.9. The van der Waals surface area contributed by atoms with Gasteiger partial charge in [-0.05, 0) is 74.0 Å². The molecule has 10 heteroatoms. The molecular formula is C28H27NO7S2. The Labute approximate surface area is 226 Å². The third-order valence-corrected chi connectivity index (χ3v) is 7.95. The molecule has 1 saturated heterocycles. The molecule has 0 aromatic heterocycles. The van der Waals surface area contributed by atoms with Crippen LogP contribution in [0.2, 0.25) is 0 Å². The molecule has 0 radical (unpaired) electrons. The van der Waals surface area contributed by atoms with Gasteiger partial charge in [0, 0.05) is 5.56 Å². The molecule has 4 rings (SSSR count). The lowest BCUT2D eigenvalue weighted by Gasteiger charge is -2.15. The summed E-state index contributed by atoms with van der Waals surface area (Å²) in [7, 11) is -2.81. The average Bonchev–Trinajstić information content (AvgIpc) is 3.14. The van der Waals surface area contributed by atoms with Crippen LogP contribution in [-0.4, -0.2) is 44.7 Å². The zero-order valence-corrected chi connectivity index (χ0v) is 23.0. The van der Waals surface area contributed by atoms with E-state index in [9.17, 15) is 18.0 Å². The Morgan fingerprint density at radius 1 is 0.921 bits per heavy atom. The average molecular weight is 554 g/mol. The highest BCUT2D eigenvalue weighted by Gasteiger charge is 2.35. The minimum Gasteiger partial charge on any atom is -0.493 e. The van der Waals surface area contributed by atoms with Crippen LogP contribution in [0.1, 0.15) is 22.3 Å². The zero-order chi connectivity index (χ0) is 27.4. The lowest BCUT2D eigenvalue weighted by molar-refractivity contribution is -0.123. The number of hydrogen-bond donors (Lipinski definition) is 0. The van der Waals surface area contributed by atoms with Crippen molar-refractivity contribution < 1.29 is 31.7 Å². The predicted octanol–water partition coefficient (Wildman–Crippen LogP) is 5.50. The van der Waals surface area contributed by atoms with Gasteiger partial charge in [-0.15, -0.1) is 0 Å². The number of ether oxygens (including phenoxy) is 2. The molecule has 0 unspecified atom stereocenters. The van der Waals surface area contributed by atoms with Crippen molar-refractivity contribution in [2.45, 2.75) is 25.7 Å². The van der Waals surface area contributed by atoms with Gasteiger partial charge in [0.05, 0.1) is 18.6 Å². The van der Waals surface area contributed by atoms with Crippen molar-refractivity contribution in [3.8, 4) is 17.2 Å². The summed E-state index contributed by atoms with van der Waals surface area (Å²) >= 11 is 0.764. The molecule has 3 aromatic rings. The van der Waals surface area contributed by atoms with Gasteiger partial charge >= 0.3 is 10.1 Å². The van der Waals surface area contributed by atoms with E-state index in [-0.39, 0.29) is 40.0 Å². The number of aryl methyl sites for hydroxylation is 3. The van der Waals surface area contributed by atoms with Crippen molar-refractivity contribution >= 4 is 39.1 Å². The molecule has 1 fully saturated rings. The maximum atomic E-state index is 13.1. The van der Waals surface area contributed by atoms with Gasteiger partial charge in [0.15, 0.2) is 11.5 Å². The molecule has 198 valence electrons. The summed E-state index contributed by atoms with van der Waals surface area (Å²) in [6, 6.07) is 16.8. The van der Waals surface area contributed by atoms with Crippen LogP contribution in [0.4, 0.5) is 4.79 Å². The number of rotatable bonds is 9. The van der Waals surface area contributed by atoms with E-state index in [4.69, 9.17) is 13.7 Å². The van der Waals surface area contributed by atoms with Crippen molar-refractivity contribution in [1.29, 1.82) is 0 Å². The zero-order valence-electron chi connectivity index (χ0n) is 21.4. The highest BCUT2D eigenvalue weighted by molar-refractivity contribution is 8.18. The lowest BCUT2D eigenvalue weighted by Crippen LogP contribution is -2.32. The van der Waals surface area contributed by atoms with Gasteiger partial charge in [-0.3, -0.25) is 14.5 Å². The van der Waals surface area contributed by atoms with E-state index >= 15 is 0 Å². The van der Waals surface area contributed by atoms with Crippen molar-refractivity contribution in [3.05, 3.63) is 87.8 Å². The van der Waals surface area contributed by atoms with Crippen LogP contribution in [0.25, 0.3) is 6.08 Å². The summed E-state index contributed by atoms with van der Waals surface area (Å²) in [6.45, 7) is 5.93. The molecule has 0 aliphatic carbocycles. The molecule has 0 saturated carbocycles. The van der Waals surface area contributed by atoms with Crippen LogP contribution >= 0.6 is 11.8 Å². The van der Waals surface area contributed by atoms with Gasteiger partial charge in [-0.2, -0.15) is 8.42 Å². The van der Waals surface area contributed by atoms with Gasteiger partial charge in [-0.25, -0.2) is 0 Å². The maximum absolute atomic E-state index is 13.1. The van der Waals surface area contributed by atoms with Crippen LogP contribution in [-0.2, 0) is 14.9 Å². The molecular weight excluding hydrogens is 526 g/mol. The Morgan fingerprint density at radius 3 is 2.34 bits per heavy atom. The normalized spacial score (nSPS) is 14.7. The van der Waals surface area contributed by atoms with E-state index in [2.05, 4.69) is 0 Å². The fourth-order valence-electron chi connectivity index (χ4n) is 3.70. The monoisotopic (exact) mass is 553 g/mol. The summed E-state index contributed by atoms with van der Waals surface area (Å²) in [5.74, 6) is 0.274. The molecule has 1 heterocycles. The predicted molar refractivity (Wildman–Crippen MR) is 146 cm³/mol. The van der Waals surface area contributed by atoms with Gasteiger partial charge < -0.3 is 13.7 Å². The number of para-hydroxylation sites is 1. The molecule has 2 amide bonds. The third kappa shape index (κ3) is 6.03. The number of hydrogen-bond acceptors (Lipinski definition) is 8. The van der Waals surface area contributed by atoms with Crippen molar-refractivity contribution in [1.82, 2.24) is 4.90 Å². The largest absolute Gasteiger partial charge is 0.493 e. The Hall–Kier alpha value is -3.76. The summed E-state index contributed by atoms with van der Waals surface area (Å²) < 4.78 is 42.6. The number of carbonyl (C=O) groups excluding carboxylic acids is 2. The Balaban J connectivity index is 1.55. The standard InChI is InChI=1S/C28H27NO7S2/c1-18-9-12-22(13-10-18)38(32,33)36-26-21(6-5-7-23(26)34-4)17-25-27(30)29(28(31)37-25)14-15-35-24-16-19(2)8-11-20(24)3/h5-13,16-17H,14-15H2,1-4H3/b25-17-. The molecule has 0 N–H and O–H groups in total. The first-order valence-corrected chi connectivity index (χ1v) is 13.9. The number of benzene rings is 3. The molecule has 0 spiro atoms. The van der Waals surface area contributed by atoms with E-state index < -0.39 is 21.3 Å². The number of methoxy groups -OCH3 is 1. The highest BCUT2D eigenvalue weighted by atomic mass is 32.2. The van der Waals surface area contributed by atoms with E-state index in [1.807, 2.05) is 39.0 Å². The molecule has 38 heavy (non-hydrogen) atoms. The van der Waals surface area contributed by atoms with Gasteiger partial charge in [0.2, 0.25) is 0 Å². The number of imide groups is 1. The van der Waals surface area contributed by atoms with Crippen molar-refractivity contribution in [2.75, 3.05) is 20.3 Å². The van der Waals surface area contributed by atoms with Crippen LogP contribution in [0.15, 0.2) is 70.5 Å². The van der Waals surface area contributed by atoms with Gasteiger partial charge in [-0.1, -0.05) is 42.0 Å². The van der Waals surface area contributed by atoms with Crippen LogP contribution in [0, 0.1) is 20.8 Å². The molecule has 1 aliphatic rings. The van der Waals surface area contributed by atoms with Crippen molar-refractivity contribution in [3.63, 3.8) is 0 Å². The van der Waals surface area contributed by atoms with E-state index in [0.717, 1.165) is 33.4 Å². The first kappa shape index (κ1) is 27.3. The quantitative estimate of drug-likeness (QED) is 0.253. The minimum absolute atomic E-state index is 0.0240. The highest BCUT2D eigenvalue weighted by Crippen LogP contribution is 2.38. The van der Waals surface area contributed by atoms with E-state index in [1.54, 1.807) is 30.3 Å². The molecule has 8 nitrogen and oxygen atoms in total. The molecule has 0 bridgehead atoms. The first-order valence-electron chi connectivity index (χ1n) is 11.7. The number of nitrogens with zero attached hydrogens (tertiary/aromatic N) is 1. The number of thioether (sulfide) groups is 1. The minimum atomic E-state index is -4.19. The van der Waals surface area contributed by atoms with Gasteiger partial charge in [0.25, 0.3) is 11.1 Å². The summed E-state index contributed by atoms with van der Waals surface area (Å²) in [5.41, 5.74) is 3.17. The fraction of sp³-hybridized carbons (Fsp3) is 0.214. The summed E-state index contributed by atoms with van der Waals surface area (Å²) in [6.07, 6.45) is 1.43. The second kappa shape index (κ2) is 11.3. The van der Waals surface area contributed by atoms with Gasteiger partial charge in [0.1, 0.15) is 17.3 Å².